The summed E-state index contributed by atoms with van der Waals surface area (Å²) < 4.78 is 48.5. The van der Waals surface area contributed by atoms with Crippen LogP contribution in [-0.2, 0) is 40.7 Å². The third-order valence-electron chi connectivity index (χ3n) is 17.0. The van der Waals surface area contributed by atoms with Crippen LogP contribution in [0.2, 0.25) is 0 Å². The molecule has 5 aromatic rings. The highest BCUT2D eigenvalue weighted by Gasteiger charge is 2.40. The van der Waals surface area contributed by atoms with Crippen LogP contribution in [0.5, 0.6) is 0 Å². The normalized spacial score (nSPS) is 21.6. The lowest BCUT2D eigenvalue weighted by molar-refractivity contribution is -0.137. The first kappa shape index (κ1) is 48.0. The zero-order valence-corrected chi connectivity index (χ0v) is 40.9. The molecule has 3 aromatic heterocycles. The molecule has 4 saturated heterocycles. The number of hydrogen-bond donors (Lipinski definition) is 1. The predicted molar refractivity (Wildman–Crippen MR) is 262 cm³/mol. The van der Waals surface area contributed by atoms with Crippen molar-refractivity contribution in [1.82, 2.24) is 43.7 Å². The second-order valence-corrected chi connectivity index (χ2v) is 21.5. The Labute approximate surface area is 416 Å². The Morgan fingerprint density at radius 1 is 0.819 bits per heavy atom. The first-order chi connectivity index (χ1) is 34.7. The number of fused-ring (bicyclic) bond motifs is 2. The number of pyridine rings is 1. The van der Waals surface area contributed by atoms with Gasteiger partial charge in [-0.1, -0.05) is 18.6 Å². The zero-order chi connectivity index (χ0) is 49.8. The van der Waals surface area contributed by atoms with Crippen LogP contribution in [0.1, 0.15) is 128 Å². The number of carbonyl (C=O) groups excluding carboxylic acids is 4. The van der Waals surface area contributed by atoms with Crippen LogP contribution < -0.4 is 15.9 Å². The van der Waals surface area contributed by atoms with E-state index in [1.54, 1.807) is 23.5 Å². The van der Waals surface area contributed by atoms with Crippen LogP contribution >= 0.6 is 0 Å². The number of imide groups is 1. The summed E-state index contributed by atoms with van der Waals surface area (Å²) in [4.78, 5) is 73.1. The fraction of sp³-hybridized carbons (Fsp3) is 0.537. The largest absolute Gasteiger partial charge is 0.418 e. The van der Waals surface area contributed by atoms with Crippen molar-refractivity contribution in [2.75, 3.05) is 44.2 Å². The van der Waals surface area contributed by atoms with Crippen molar-refractivity contribution in [2.24, 2.45) is 30.7 Å². The van der Waals surface area contributed by atoms with Crippen molar-refractivity contribution in [1.29, 1.82) is 0 Å². The van der Waals surface area contributed by atoms with Gasteiger partial charge in [-0.05, 0) is 154 Å². The van der Waals surface area contributed by atoms with Gasteiger partial charge >= 0.3 is 11.9 Å². The minimum Gasteiger partial charge on any atom is -0.372 e. The molecule has 2 aromatic carbocycles. The molecule has 6 aliphatic rings. The fourth-order valence-electron chi connectivity index (χ4n) is 12.6. The second kappa shape index (κ2) is 19.6. The molecule has 4 amide bonds. The molecular weight excluding hydrogens is 926 g/mol. The van der Waals surface area contributed by atoms with Crippen molar-refractivity contribution < 1.29 is 32.3 Å². The number of hydrogen-bond acceptors (Lipinski definition) is 9. The van der Waals surface area contributed by atoms with Gasteiger partial charge in [0.1, 0.15) is 18.2 Å². The molecule has 11 rings (SSSR count). The summed E-state index contributed by atoms with van der Waals surface area (Å²) in [7, 11) is 1.91. The number of nitrogens with zero attached hydrogens (tertiary/aromatic N) is 9. The van der Waals surface area contributed by atoms with Crippen LogP contribution in [0.15, 0.2) is 72.0 Å². The average molecular weight is 989 g/mol. The summed E-state index contributed by atoms with van der Waals surface area (Å²) in [5.74, 6) is 1.90. The van der Waals surface area contributed by atoms with Gasteiger partial charge < -0.3 is 19.3 Å². The van der Waals surface area contributed by atoms with E-state index in [1.165, 1.54) is 16.8 Å². The van der Waals surface area contributed by atoms with E-state index in [0.29, 0.717) is 67.0 Å². The summed E-state index contributed by atoms with van der Waals surface area (Å²) in [5, 5.41) is 10.9. The maximum atomic E-state index is 14.7. The minimum atomic E-state index is -4.68. The van der Waals surface area contributed by atoms with Crippen LogP contribution in [0.25, 0.3) is 11.2 Å². The molecule has 380 valence electrons. The van der Waals surface area contributed by atoms with Crippen LogP contribution in [0.4, 0.5) is 18.9 Å². The number of anilines is 1. The molecule has 0 radical (unpaired) electrons. The lowest BCUT2D eigenvalue weighted by Crippen LogP contribution is -2.52. The molecule has 72 heavy (non-hydrogen) atoms. The number of likely N-dealkylation sites (tertiary alicyclic amines) is 2. The van der Waals surface area contributed by atoms with E-state index >= 15 is 0 Å². The van der Waals surface area contributed by atoms with E-state index < -0.39 is 29.4 Å². The molecule has 5 aliphatic heterocycles. The SMILES string of the molecule is Cn1cnnc1[C@@H](c1cccc(-n2cc3c(C(F)(F)F)cc(CN4CCC(CC(=O)N5CCC(CC6CCN(c7ccc8c(c7)CN([C@H]7CCC(=O)NC7=O)C8=O)CC6)CC5)CC4)cn3c2=O)c1)C1CCC1. The molecule has 0 unspecified atom stereocenters. The van der Waals surface area contributed by atoms with Gasteiger partial charge in [-0.15, -0.1) is 10.2 Å². The highest BCUT2D eigenvalue weighted by Crippen LogP contribution is 2.43. The monoisotopic (exact) mass is 988 g/mol. The molecular formula is C54H63F3N10O5. The number of carbonyl (C=O) groups is 4. The van der Waals surface area contributed by atoms with Crippen molar-refractivity contribution in [3.05, 3.63) is 111 Å². The number of halogens is 3. The van der Waals surface area contributed by atoms with Crippen LogP contribution in [-0.4, -0.2) is 107 Å². The van der Waals surface area contributed by atoms with Crippen LogP contribution in [0.3, 0.4) is 0 Å². The highest BCUT2D eigenvalue weighted by atomic mass is 19.4. The van der Waals surface area contributed by atoms with E-state index in [4.69, 9.17) is 0 Å². The van der Waals surface area contributed by atoms with Gasteiger partial charge in [-0.3, -0.25) is 38.4 Å². The van der Waals surface area contributed by atoms with Gasteiger partial charge in [0, 0.05) is 88.7 Å². The first-order valence-electron chi connectivity index (χ1n) is 26.0. The van der Waals surface area contributed by atoms with Gasteiger partial charge in [0.15, 0.2) is 0 Å². The maximum absolute atomic E-state index is 14.7. The number of nitrogens with one attached hydrogen (secondary N) is 1. The quantitative estimate of drug-likeness (QED) is 0.130. The average Bonchev–Trinajstić information content (AvgIpc) is 4.04. The van der Waals surface area contributed by atoms with Gasteiger partial charge in [0.25, 0.3) is 5.91 Å². The summed E-state index contributed by atoms with van der Waals surface area (Å²) >= 11 is 0. The smallest absolute Gasteiger partial charge is 0.372 e. The van der Waals surface area contributed by atoms with Gasteiger partial charge in [-0.2, -0.15) is 13.2 Å². The lowest BCUT2D eigenvalue weighted by atomic mass is 9.72. The Bertz CT molecular complexity index is 2930. The van der Waals surface area contributed by atoms with Gasteiger partial charge in [-0.25, -0.2) is 4.79 Å². The Kier molecular flexibility index (Phi) is 13.1. The Balaban J connectivity index is 0.647. The molecule has 1 saturated carbocycles. The number of aromatic nitrogens is 5. The Hall–Kier alpha value is -6.30. The molecule has 8 heterocycles. The van der Waals surface area contributed by atoms with Crippen LogP contribution in [0, 0.1) is 23.7 Å². The lowest BCUT2D eigenvalue weighted by Gasteiger charge is -2.38. The van der Waals surface area contributed by atoms with E-state index in [0.717, 1.165) is 117 Å². The second-order valence-electron chi connectivity index (χ2n) is 21.5. The van der Waals surface area contributed by atoms with Crippen molar-refractivity contribution in [2.45, 2.75) is 115 Å². The van der Waals surface area contributed by atoms with E-state index in [-0.39, 0.29) is 48.0 Å². The standard InChI is InChI=1S/C54H63F3N10O5/c1-61-33-58-60-50(61)49(38-4-2-5-38)39-6-3-7-42(27-39)65-32-46-44(54(55,56)57)25-37(30-67(46)53(65)72)29-62-18-12-36(13-19-62)26-48(69)64-22-16-35(17-23-64)24-34-14-20-63(21-15-34)41-8-9-43-40(28-41)31-66(52(43)71)45-10-11-47(68)59-51(45)70/h3,6-9,25,27-28,30,32-36,38,45,49H,2,4-5,10-24,26,29,31H2,1H3,(H,59,68,70)/t45-,49+/m0/s1. The molecule has 5 fully saturated rings. The van der Waals surface area contributed by atoms with Gasteiger partial charge in [0.05, 0.1) is 16.8 Å². The fourth-order valence-corrected chi connectivity index (χ4v) is 12.6. The molecule has 0 spiro atoms. The summed E-state index contributed by atoms with van der Waals surface area (Å²) in [5.41, 5.74) is 2.90. The number of benzene rings is 2. The van der Waals surface area contributed by atoms with Crippen molar-refractivity contribution in [3.63, 3.8) is 0 Å². The maximum Gasteiger partial charge on any atom is 0.418 e. The predicted octanol–water partition coefficient (Wildman–Crippen LogP) is 7.08. The molecule has 18 heteroatoms. The molecule has 2 atom stereocenters. The molecule has 15 nitrogen and oxygen atoms in total. The first-order valence-corrected chi connectivity index (χ1v) is 26.0. The van der Waals surface area contributed by atoms with Gasteiger partial charge in [0.2, 0.25) is 17.7 Å². The third-order valence-corrected chi connectivity index (χ3v) is 17.0. The van der Waals surface area contributed by atoms with E-state index in [9.17, 15) is 37.1 Å². The number of piperidine rings is 4. The topological polar surface area (TPSA) is 150 Å². The number of aryl methyl sites for hydroxylation is 1. The molecule has 1 aliphatic carbocycles. The van der Waals surface area contributed by atoms with Crippen molar-refractivity contribution in [3.8, 4) is 5.69 Å². The summed E-state index contributed by atoms with van der Waals surface area (Å²) in [6, 6.07) is 14.0. The zero-order valence-electron chi connectivity index (χ0n) is 40.9. The number of imidazole rings is 1. The summed E-state index contributed by atoms with van der Waals surface area (Å²) in [6.07, 6.45) is 11.0. The minimum absolute atomic E-state index is 0.0454. The Morgan fingerprint density at radius 3 is 2.24 bits per heavy atom. The Morgan fingerprint density at radius 2 is 1.56 bits per heavy atom. The summed E-state index contributed by atoms with van der Waals surface area (Å²) in [6.45, 7) is 5.36. The van der Waals surface area contributed by atoms with E-state index in [1.807, 2.05) is 46.8 Å². The number of amides is 4. The molecule has 1 N–H and O–H groups in total. The number of alkyl halides is 3. The third kappa shape index (κ3) is 9.58. The molecule has 0 bridgehead atoms. The highest BCUT2D eigenvalue weighted by molar-refractivity contribution is 6.05. The van der Waals surface area contributed by atoms with Crippen molar-refractivity contribution >= 4 is 34.8 Å². The van der Waals surface area contributed by atoms with E-state index in [2.05, 4.69) is 31.4 Å². The number of rotatable bonds is 12.